The number of aromatic nitrogens is 2. The summed E-state index contributed by atoms with van der Waals surface area (Å²) >= 11 is 0. The van der Waals surface area contributed by atoms with Crippen LogP contribution in [0.5, 0.6) is 0 Å². The normalized spacial score (nSPS) is 12.3. The molecule has 100 valence electrons. The largest absolute Gasteiger partial charge is 0.347 e. The van der Waals surface area contributed by atoms with Gasteiger partial charge in [-0.3, -0.25) is 10.1 Å². The minimum absolute atomic E-state index is 0.0651. The molecule has 0 saturated carbocycles. The number of imidazole rings is 1. The molecule has 0 fully saturated rings. The lowest BCUT2D eigenvalue weighted by molar-refractivity contribution is -0.385. The second kappa shape index (κ2) is 5.62. The van der Waals surface area contributed by atoms with Crippen LogP contribution in [0.3, 0.4) is 0 Å². The zero-order chi connectivity index (χ0) is 13.8. The van der Waals surface area contributed by atoms with Gasteiger partial charge in [0.15, 0.2) is 0 Å². The molecule has 0 aliphatic carbocycles. The maximum absolute atomic E-state index is 10.9. The maximum atomic E-state index is 10.9. The van der Waals surface area contributed by atoms with Crippen LogP contribution in [0.1, 0.15) is 29.9 Å². The monoisotopic (exact) mass is 260 g/mol. The molecule has 2 rings (SSSR count). The van der Waals surface area contributed by atoms with Gasteiger partial charge in [0.2, 0.25) is 0 Å². The summed E-state index contributed by atoms with van der Waals surface area (Å²) < 4.78 is 0. The highest BCUT2D eigenvalue weighted by Gasteiger charge is 2.12. The Morgan fingerprint density at radius 2 is 2.32 bits per heavy atom. The molecular formula is C13H16N4O2. The molecule has 1 atom stereocenters. The molecule has 0 amide bonds. The van der Waals surface area contributed by atoms with Crippen molar-refractivity contribution in [2.45, 2.75) is 26.4 Å². The van der Waals surface area contributed by atoms with Crippen molar-refractivity contribution in [3.63, 3.8) is 0 Å². The smallest absolute Gasteiger partial charge is 0.272 e. The highest BCUT2D eigenvalue weighted by molar-refractivity contribution is 5.42. The molecule has 1 aromatic carbocycles. The van der Waals surface area contributed by atoms with Crippen molar-refractivity contribution in [2.75, 3.05) is 0 Å². The number of benzene rings is 1. The van der Waals surface area contributed by atoms with Gasteiger partial charge in [0.25, 0.3) is 5.69 Å². The lowest BCUT2D eigenvalue weighted by atomic mass is 10.1. The summed E-state index contributed by atoms with van der Waals surface area (Å²) in [5.41, 5.74) is 1.72. The van der Waals surface area contributed by atoms with Gasteiger partial charge in [0.05, 0.1) is 11.0 Å². The number of nitro benzene ring substituents is 1. The Morgan fingerprint density at radius 1 is 1.53 bits per heavy atom. The molecule has 0 aliphatic rings. The third-order valence-electron chi connectivity index (χ3n) is 3.01. The molecule has 1 heterocycles. The third-order valence-corrected chi connectivity index (χ3v) is 3.01. The van der Waals surface area contributed by atoms with Crippen LogP contribution in [0.2, 0.25) is 0 Å². The van der Waals surface area contributed by atoms with Gasteiger partial charge in [-0.25, -0.2) is 4.98 Å². The fraction of sp³-hybridized carbons (Fsp3) is 0.308. The van der Waals surface area contributed by atoms with Crippen molar-refractivity contribution in [1.82, 2.24) is 15.3 Å². The first-order valence-corrected chi connectivity index (χ1v) is 6.04. The Bertz CT molecular complexity index is 566. The Kier molecular flexibility index (Phi) is 3.91. The van der Waals surface area contributed by atoms with Crippen LogP contribution in [0.15, 0.2) is 30.6 Å². The molecule has 0 bridgehead atoms. The highest BCUT2D eigenvalue weighted by Crippen LogP contribution is 2.19. The average molecular weight is 260 g/mol. The van der Waals surface area contributed by atoms with Crippen LogP contribution in [0, 0.1) is 17.0 Å². The molecule has 2 aromatic rings. The number of hydrogen-bond acceptors (Lipinski definition) is 4. The minimum atomic E-state index is -0.352. The van der Waals surface area contributed by atoms with E-state index in [0.717, 1.165) is 11.4 Å². The summed E-state index contributed by atoms with van der Waals surface area (Å²) in [6.07, 6.45) is 3.47. The number of hydrogen-bond donors (Lipinski definition) is 2. The molecule has 0 spiro atoms. The van der Waals surface area contributed by atoms with Crippen LogP contribution < -0.4 is 5.32 Å². The standard InChI is InChI=1S/C13H16N4O2/c1-9-3-4-11(7-12(9)17(18)19)8-16-10(2)13-14-5-6-15-13/h3-7,10,16H,8H2,1-2H3,(H,14,15). The molecule has 1 unspecified atom stereocenters. The van der Waals surface area contributed by atoms with E-state index in [1.807, 2.05) is 13.0 Å². The number of aromatic amines is 1. The van der Waals surface area contributed by atoms with E-state index in [1.54, 1.807) is 31.5 Å². The van der Waals surface area contributed by atoms with E-state index in [9.17, 15) is 10.1 Å². The molecule has 0 aliphatic heterocycles. The van der Waals surface area contributed by atoms with Crippen LogP contribution in [0.25, 0.3) is 0 Å². The highest BCUT2D eigenvalue weighted by atomic mass is 16.6. The summed E-state index contributed by atoms with van der Waals surface area (Å²) in [5, 5.41) is 14.1. The summed E-state index contributed by atoms with van der Waals surface area (Å²) in [4.78, 5) is 17.7. The van der Waals surface area contributed by atoms with E-state index in [1.165, 1.54) is 0 Å². The van der Waals surface area contributed by atoms with Crippen molar-refractivity contribution >= 4 is 5.69 Å². The molecule has 19 heavy (non-hydrogen) atoms. The lowest BCUT2D eigenvalue weighted by Gasteiger charge is -2.11. The predicted octanol–water partition coefficient (Wildman–Crippen LogP) is 2.48. The van der Waals surface area contributed by atoms with Crippen molar-refractivity contribution < 1.29 is 4.92 Å². The van der Waals surface area contributed by atoms with E-state index in [0.29, 0.717) is 12.1 Å². The molecule has 2 N–H and O–H groups in total. The summed E-state index contributed by atoms with van der Waals surface area (Å²) in [6.45, 7) is 4.28. The molecule has 1 aromatic heterocycles. The Balaban J connectivity index is 2.04. The molecular weight excluding hydrogens is 244 g/mol. The summed E-state index contributed by atoms with van der Waals surface area (Å²) in [7, 11) is 0. The maximum Gasteiger partial charge on any atom is 0.272 e. The van der Waals surface area contributed by atoms with Gasteiger partial charge in [-0.15, -0.1) is 0 Å². The zero-order valence-electron chi connectivity index (χ0n) is 10.9. The SMILES string of the molecule is Cc1ccc(CNC(C)c2ncc[nH]2)cc1[N+](=O)[O-]. The second-order valence-corrected chi connectivity index (χ2v) is 4.45. The number of H-pyrrole nitrogens is 1. The minimum Gasteiger partial charge on any atom is -0.347 e. The van der Waals surface area contributed by atoms with E-state index < -0.39 is 0 Å². The topological polar surface area (TPSA) is 83.8 Å². The van der Waals surface area contributed by atoms with E-state index in [4.69, 9.17) is 0 Å². The predicted molar refractivity (Wildman–Crippen MR) is 71.7 cm³/mol. The van der Waals surface area contributed by atoms with Gasteiger partial charge in [0, 0.05) is 30.6 Å². The molecule has 6 heteroatoms. The Morgan fingerprint density at radius 3 is 2.95 bits per heavy atom. The van der Waals surface area contributed by atoms with Gasteiger partial charge in [-0.05, 0) is 19.4 Å². The number of rotatable bonds is 5. The quantitative estimate of drug-likeness (QED) is 0.639. The second-order valence-electron chi connectivity index (χ2n) is 4.45. The Hall–Kier alpha value is -2.21. The van der Waals surface area contributed by atoms with Crippen LogP contribution in [-0.2, 0) is 6.54 Å². The number of nitrogens with one attached hydrogen (secondary N) is 2. The fourth-order valence-corrected chi connectivity index (χ4v) is 1.84. The third kappa shape index (κ3) is 3.17. The first-order chi connectivity index (χ1) is 9.08. The van der Waals surface area contributed by atoms with E-state index in [-0.39, 0.29) is 16.7 Å². The first-order valence-electron chi connectivity index (χ1n) is 6.04. The molecule has 6 nitrogen and oxygen atoms in total. The number of nitrogens with zero attached hydrogens (tertiary/aromatic N) is 2. The molecule has 0 saturated heterocycles. The van der Waals surface area contributed by atoms with Crippen molar-refractivity contribution in [3.8, 4) is 0 Å². The molecule has 0 radical (unpaired) electrons. The number of aryl methyl sites for hydroxylation is 1. The van der Waals surface area contributed by atoms with Crippen molar-refractivity contribution in [3.05, 3.63) is 57.7 Å². The van der Waals surface area contributed by atoms with Crippen LogP contribution >= 0.6 is 0 Å². The first kappa shape index (κ1) is 13.2. The van der Waals surface area contributed by atoms with Crippen molar-refractivity contribution in [1.29, 1.82) is 0 Å². The summed E-state index contributed by atoms with van der Waals surface area (Å²) in [5.74, 6) is 0.849. The van der Waals surface area contributed by atoms with Crippen LogP contribution in [-0.4, -0.2) is 14.9 Å². The van der Waals surface area contributed by atoms with Gasteiger partial charge in [-0.2, -0.15) is 0 Å². The lowest BCUT2D eigenvalue weighted by Crippen LogP contribution is -2.19. The summed E-state index contributed by atoms with van der Waals surface area (Å²) in [6, 6.07) is 5.34. The van der Waals surface area contributed by atoms with Gasteiger partial charge < -0.3 is 10.3 Å². The fourth-order valence-electron chi connectivity index (χ4n) is 1.84. The van der Waals surface area contributed by atoms with Gasteiger partial charge in [0.1, 0.15) is 5.82 Å². The van der Waals surface area contributed by atoms with Gasteiger partial charge in [-0.1, -0.05) is 12.1 Å². The van der Waals surface area contributed by atoms with Crippen molar-refractivity contribution in [2.24, 2.45) is 0 Å². The average Bonchev–Trinajstić information content (AvgIpc) is 2.91. The van der Waals surface area contributed by atoms with Crippen LogP contribution in [0.4, 0.5) is 5.69 Å². The van der Waals surface area contributed by atoms with Gasteiger partial charge >= 0.3 is 0 Å². The van der Waals surface area contributed by atoms with E-state index >= 15 is 0 Å². The number of nitro groups is 1. The van der Waals surface area contributed by atoms with E-state index in [2.05, 4.69) is 15.3 Å². The zero-order valence-corrected chi connectivity index (χ0v) is 10.9. The Labute approximate surface area is 111 Å².